The normalized spacial score (nSPS) is 23.8. The molecule has 1 heterocycles. The molecule has 10 nitrogen and oxygen atoms in total. The van der Waals surface area contributed by atoms with Gasteiger partial charge in [-0.05, 0) is 25.8 Å². The van der Waals surface area contributed by atoms with Gasteiger partial charge in [0, 0.05) is 26.8 Å². The van der Waals surface area contributed by atoms with Gasteiger partial charge in [-0.25, -0.2) is 0 Å². The monoisotopic (exact) mass is 478 g/mol. The average molecular weight is 479 g/mol. The standard InChI is InChI=1S/C24H34N2O8/c1-14(11-19-9-7-6-8-10-19)25-24(30)15(2)33-22-20(26-16(3)27)12-32-21(13-31-17(4)28)23(22)34-18(5)29/h6-10,14-15,20-23H,11-13H2,1-5H3,(H,25,30)(H,26,27)/t14-,15+,20?,21?,22?,23+/m0/s1. The van der Waals surface area contributed by atoms with Crippen molar-refractivity contribution in [2.24, 2.45) is 0 Å². The van der Waals surface area contributed by atoms with Crippen molar-refractivity contribution in [1.82, 2.24) is 10.6 Å². The third-order valence-corrected chi connectivity index (χ3v) is 5.22. The summed E-state index contributed by atoms with van der Waals surface area (Å²) in [7, 11) is 0. The number of hydrogen-bond acceptors (Lipinski definition) is 8. The summed E-state index contributed by atoms with van der Waals surface area (Å²) < 4.78 is 22.2. The summed E-state index contributed by atoms with van der Waals surface area (Å²) in [5, 5.41) is 5.64. The molecule has 2 amide bonds. The van der Waals surface area contributed by atoms with E-state index in [0.29, 0.717) is 6.42 Å². The molecular weight excluding hydrogens is 444 g/mol. The Bertz CT molecular complexity index is 847. The van der Waals surface area contributed by atoms with Crippen molar-refractivity contribution < 1.29 is 38.1 Å². The topological polar surface area (TPSA) is 129 Å². The van der Waals surface area contributed by atoms with Crippen molar-refractivity contribution in [3.05, 3.63) is 35.9 Å². The van der Waals surface area contributed by atoms with Crippen LogP contribution in [0.4, 0.5) is 0 Å². The molecule has 2 rings (SSSR count). The highest BCUT2D eigenvalue weighted by molar-refractivity contribution is 5.80. The third-order valence-electron chi connectivity index (χ3n) is 5.22. The third kappa shape index (κ3) is 8.75. The maximum absolute atomic E-state index is 12.8. The fraction of sp³-hybridized carbons (Fsp3) is 0.583. The van der Waals surface area contributed by atoms with Gasteiger partial charge in [0.15, 0.2) is 6.10 Å². The van der Waals surface area contributed by atoms with Crippen LogP contribution in [-0.2, 0) is 44.5 Å². The minimum Gasteiger partial charge on any atom is -0.463 e. The fourth-order valence-electron chi connectivity index (χ4n) is 3.77. The Morgan fingerprint density at radius 3 is 2.29 bits per heavy atom. The van der Waals surface area contributed by atoms with Gasteiger partial charge >= 0.3 is 11.9 Å². The van der Waals surface area contributed by atoms with E-state index in [1.807, 2.05) is 37.3 Å². The molecule has 0 radical (unpaired) electrons. The van der Waals surface area contributed by atoms with Crippen LogP contribution in [0.5, 0.6) is 0 Å². The van der Waals surface area contributed by atoms with Crippen LogP contribution in [0.1, 0.15) is 40.2 Å². The first-order valence-electron chi connectivity index (χ1n) is 11.3. The van der Waals surface area contributed by atoms with Crippen LogP contribution in [0.2, 0.25) is 0 Å². The molecule has 1 saturated heterocycles. The summed E-state index contributed by atoms with van der Waals surface area (Å²) in [5.41, 5.74) is 1.09. The zero-order valence-corrected chi connectivity index (χ0v) is 20.2. The molecule has 1 aliphatic rings. The molecule has 0 bridgehead atoms. The summed E-state index contributed by atoms with van der Waals surface area (Å²) in [6, 6.07) is 8.92. The van der Waals surface area contributed by atoms with Gasteiger partial charge in [0.2, 0.25) is 11.8 Å². The Hall–Kier alpha value is -2.98. The van der Waals surface area contributed by atoms with Gasteiger partial charge in [0.05, 0.1) is 12.6 Å². The Kier molecular flexibility index (Phi) is 10.5. The molecule has 188 valence electrons. The van der Waals surface area contributed by atoms with Gasteiger partial charge in [-0.15, -0.1) is 0 Å². The SMILES string of the molecule is CC(=O)NC1COC(COC(C)=O)[C@@H](OC(C)=O)C1O[C@H](C)C(=O)N[C@@H](C)Cc1ccccc1. The maximum Gasteiger partial charge on any atom is 0.303 e. The first-order chi connectivity index (χ1) is 16.1. The Morgan fingerprint density at radius 1 is 1.03 bits per heavy atom. The Labute approximate surface area is 199 Å². The number of ether oxygens (including phenoxy) is 4. The van der Waals surface area contributed by atoms with E-state index in [0.717, 1.165) is 5.56 Å². The number of esters is 2. The molecule has 1 fully saturated rings. The molecule has 6 atom stereocenters. The lowest BCUT2D eigenvalue weighted by Crippen LogP contribution is -2.63. The van der Waals surface area contributed by atoms with Crippen LogP contribution in [0.15, 0.2) is 30.3 Å². The summed E-state index contributed by atoms with van der Waals surface area (Å²) in [5.74, 6) is -1.82. The number of amides is 2. The van der Waals surface area contributed by atoms with E-state index >= 15 is 0 Å². The summed E-state index contributed by atoms with van der Waals surface area (Å²) in [6.07, 6.45) is -3.03. The van der Waals surface area contributed by atoms with Crippen LogP contribution in [0, 0.1) is 0 Å². The predicted octanol–water partition coefficient (Wildman–Crippen LogP) is 0.906. The highest BCUT2D eigenvalue weighted by Gasteiger charge is 2.45. The average Bonchev–Trinajstić information content (AvgIpc) is 2.74. The summed E-state index contributed by atoms with van der Waals surface area (Å²) in [4.78, 5) is 47.7. The smallest absolute Gasteiger partial charge is 0.303 e. The molecule has 34 heavy (non-hydrogen) atoms. The largest absolute Gasteiger partial charge is 0.463 e. The number of hydrogen-bond donors (Lipinski definition) is 2. The zero-order chi connectivity index (χ0) is 25.3. The lowest BCUT2D eigenvalue weighted by molar-refractivity contribution is -0.211. The number of nitrogens with one attached hydrogen (secondary N) is 2. The van der Waals surface area contributed by atoms with Crippen molar-refractivity contribution in [3.8, 4) is 0 Å². The molecule has 1 aromatic carbocycles. The van der Waals surface area contributed by atoms with Crippen molar-refractivity contribution in [3.63, 3.8) is 0 Å². The van der Waals surface area contributed by atoms with Crippen molar-refractivity contribution in [1.29, 1.82) is 0 Å². The van der Waals surface area contributed by atoms with Gasteiger partial charge in [-0.2, -0.15) is 0 Å². The van der Waals surface area contributed by atoms with Crippen LogP contribution in [0.3, 0.4) is 0 Å². The summed E-state index contributed by atoms with van der Waals surface area (Å²) >= 11 is 0. The Morgan fingerprint density at radius 2 is 1.71 bits per heavy atom. The molecule has 0 spiro atoms. The van der Waals surface area contributed by atoms with Crippen molar-refractivity contribution in [2.45, 2.75) is 77.5 Å². The first kappa shape index (κ1) is 27.3. The van der Waals surface area contributed by atoms with E-state index in [9.17, 15) is 19.2 Å². The molecule has 1 aromatic rings. The molecule has 0 aromatic heterocycles. The van der Waals surface area contributed by atoms with E-state index in [1.54, 1.807) is 6.92 Å². The highest BCUT2D eigenvalue weighted by Crippen LogP contribution is 2.24. The second-order valence-corrected chi connectivity index (χ2v) is 8.40. The van der Waals surface area contributed by atoms with E-state index in [2.05, 4.69) is 10.6 Å². The molecule has 0 saturated carbocycles. The molecule has 1 aliphatic heterocycles. The van der Waals surface area contributed by atoms with E-state index in [-0.39, 0.29) is 31.1 Å². The lowest BCUT2D eigenvalue weighted by Gasteiger charge is -2.42. The molecule has 2 N–H and O–H groups in total. The minimum atomic E-state index is -1.01. The molecular formula is C24H34N2O8. The number of carbonyl (C=O) groups is 4. The second-order valence-electron chi connectivity index (χ2n) is 8.40. The number of carbonyl (C=O) groups excluding carboxylic acids is 4. The van der Waals surface area contributed by atoms with Gasteiger partial charge in [-0.1, -0.05) is 30.3 Å². The quantitative estimate of drug-likeness (QED) is 0.475. The van der Waals surface area contributed by atoms with Crippen LogP contribution < -0.4 is 10.6 Å². The van der Waals surface area contributed by atoms with Crippen LogP contribution in [-0.4, -0.2) is 73.5 Å². The first-order valence-corrected chi connectivity index (χ1v) is 11.3. The maximum atomic E-state index is 12.8. The fourth-order valence-corrected chi connectivity index (χ4v) is 3.77. The van der Waals surface area contributed by atoms with Crippen molar-refractivity contribution >= 4 is 23.8 Å². The molecule has 3 unspecified atom stereocenters. The molecule has 0 aliphatic carbocycles. The number of rotatable bonds is 10. The number of benzene rings is 1. The lowest BCUT2D eigenvalue weighted by atomic mass is 9.97. The Balaban J connectivity index is 2.13. The van der Waals surface area contributed by atoms with Crippen molar-refractivity contribution in [2.75, 3.05) is 13.2 Å². The predicted molar refractivity (Wildman–Crippen MR) is 122 cm³/mol. The highest BCUT2D eigenvalue weighted by atomic mass is 16.6. The minimum absolute atomic E-state index is 0.0205. The van der Waals surface area contributed by atoms with Gasteiger partial charge in [0.25, 0.3) is 0 Å². The molecule has 10 heteroatoms. The van der Waals surface area contributed by atoms with Gasteiger partial charge in [-0.3, -0.25) is 19.2 Å². The van der Waals surface area contributed by atoms with E-state index in [1.165, 1.54) is 20.8 Å². The van der Waals surface area contributed by atoms with E-state index in [4.69, 9.17) is 18.9 Å². The van der Waals surface area contributed by atoms with Crippen LogP contribution >= 0.6 is 0 Å². The second kappa shape index (κ2) is 13.0. The zero-order valence-electron chi connectivity index (χ0n) is 20.2. The van der Waals surface area contributed by atoms with E-state index < -0.39 is 42.4 Å². The van der Waals surface area contributed by atoms with Gasteiger partial charge < -0.3 is 29.6 Å². The summed E-state index contributed by atoms with van der Waals surface area (Å²) in [6.45, 7) is 7.13. The van der Waals surface area contributed by atoms with Gasteiger partial charge in [0.1, 0.15) is 24.9 Å². The van der Waals surface area contributed by atoms with Crippen LogP contribution in [0.25, 0.3) is 0 Å².